The van der Waals surface area contributed by atoms with Gasteiger partial charge < -0.3 is 14.6 Å². The molecule has 0 aliphatic carbocycles. The minimum atomic E-state index is -0.709. The van der Waals surface area contributed by atoms with E-state index in [4.69, 9.17) is 4.74 Å². The molecule has 0 unspecified atom stereocenters. The van der Waals surface area contributed by atoms with Crippen molar-refractivity contribution in [3.63, 3.8) is 0 Å². The lowest BCUT2D eigenvalue weighted by Gasteiger charge is -2.07. The van der Waals surface area contributed by atoms with Gasteiger partial charge in [-0.2, -0.15) is 0 Å². The second-order valence-electron chi connectivity index (χ2n) is 5.00. The molecule has 10 nitrogen and oxygen atoms in total. The number of hydrogen-bond donors (Lipinski definition) is 1. The van der Waals surface area contributed by atoms with Crippen LogP contribution < -0.4 is 16.6 Å². The zero-order chi connectivity index (χ0) is 17.9. The van der Waals surface area contributed by atoms with Crippen molar-refractivity contribution in [1.29, 1.82) is 0 Å². The molecule has 2 heterocycles. The molecule has 10 heteroatoms. The first kappa shape index (κ1) is 17.2. The van der Waals surface area contributed by atoms with Crippen LogP contribution >= 0.6 is 0 Å². The highest BCUT2D eigenvalue weighted by Gasteiger charge is 2.16. The van der Waals surface area contributed by atoms with E-state index in [2.05, 4.69) is 16.9 Å². The second-order valence-corrected chi connectivity index (χ2v) is 5.00. The Bertz CT molecular complexity index is 920. The molecular formula is C14H17N5O5. The minimum Gasteiger partial charge on any atom is -0.454 e. The highest BCUT2D eigenvalue weighted by molar-refractivity contribution is 5.81. The zero-order valence-electron chi connectivity index (χ0n) is 13.3. The molecule has 0 atom stereocenters. The molecule has 2 aromatic heterocycles. The molecule has 2 aromatic rings. The Balaban J connectivity index is 2.18. The Morgan fingerprint density at radius 3 is 2.71 bits per heavy atom. The van der Waals surface area contributed by atoms with E-state index in [1.54, 1.807) is 0 Å². The van der Waals surface area contributed by atoms with Gasteiger partial charge in [-0.3, -0.25) is 23.5 Å². The van der Waals surface area contributed by atoms with Crippen LogP contribution in [-0.2, 0) is 35.0 Å². The second kappa shape index (κ2) is 6.94. The number of hydrogen-bond acceptors (Lipinski definition) is 6. The van der Waals surface area contributed by atoms with E-state index in [-0.39, 0.29) is 24.3 Å². The average Bonchev–Trinajstić information content (AvgIpc) is 2.98. The summed E-state index contributed by atoms with van der Waals surface area (Å²) in [7, 11) is 2.81. The summed E-state index contributed by atoms with van der Waals surface area (Å²) in [4.78, 5) is 51.2. The van der Waals surface area contributed by atoms with Crippen molar-refractivity contribution in [2.45, 2.75) is 6.54 Å². The van der Waals surface area contributed by atoms with E-state index in [0.29, 0.717) is 0 Å². The number of ether oxygens (including phenoxy) is 1. The topological polar surface area (TPSA) is 117 Å². The number of nitrogens with zero attached hydrogens (tertiary/aromatic N) is 4. The summed E-state index contributed by atoms with van der Waals surface area (Å²) in [6.45, 7) is 2.98. The number of imidazole rings is 1. The fraction of sp³-hybridized carbons (Fsp3) is 0.357. The molecule has 0 saturated carbocycles. The van der Waals surface area contributed by atoms with Gasteiger partial charge in [-0.1, -0.05) is 6.08 Å². The standard InChI is InChI=1S/C14H17N5O5/c1-4-5-15-9(20)7-24-10(21)6-19-8-16-12-11(19)13(22)18(3)14(23)17(12)2/h4,8H,1,5-7H2,2-3H3,(H,15,20). The first-order valence-electron chi connectivity index (χ1n) is 7.01. The Hall–Kier alpha value is -3.17. The zero-order valence-corrected chi connectivity index (χ0v) is 13.3. The normalized spacial score (nSPS) is 10.6. The molecule has 0 bridgehead atoms. The summed E-state index contributed by atoms with van der Waals surface area (Å²) in [5.41, 5.74) is -0.811. The smallest absolute Gasteiger partial charge is 0.332 e. The van der Waals surface area contributed by atoms with Gasteiger partial charge in [0.15, 0.2) is 17.8 Å². The number of carbonyl (C=O) groups is 2. The van der Waals surface area contributed by atoms with Gasteiger partial charge in [0.25, 0.3) is 11.5 Å². The van der Waals surface area contributed by atoms with Crippen molar-refractivity contribution >= 4 is 23.0 Å². The number of amides is 1. The summed E-state index contributed by atoms with van der Waals surface area (Å²) in [6, 6.07) is 0. The molecule has 128 valence electrons. The van der Waals surface area contributed by atoms with Crippen molar-refractivity contribution in [2.75, 3.05) is 13.2 Å². The SMILES string of the molecule is C=CCNC(=O)COC(=O)Cn1cnc2c1c(=O)n(C)c(=O)n2C. The molecule has 0 radical (unpaired) electrons. The van der Waals surface area contributed by atoms with Crippen LogP contribution in [0, 0.1) is 0 Å². The first-order valence-corrected chi connectivity index (χ1v) is 7.01. The number of aromatic nitrogens is 4. The maximum atomic E-state index is 12.2. The minimum absolute atomic E-state index is 0.104. The monoisotopic (exact) mass is 335 g/mol. The highest BCUT2D eigenvalue weighted by atomic mass is 16.5. The van der Waals surface area contributed by atoms with E-state index in [1.165, 1.54) is 35.6 Å². The molecule has 1 N–H and O–H groups in total. The summed E-state index contributed by atoms with van der Waals surface area (Å²) >= 11 is 0. The quantitative estimate of drug-likeness (QED) is 0.496. The maximum Gasteiger partial charge on any atom is 0.332 e. The molecule has 0 aliphatic rings. The van der Waals surface area contributed by atoms with Gasteiger partial charge in [-0.05, 0) is 0 Å². The van der Waals surface area contributed by atoms with Crippen LogP contribution in [0.5, 0.6) is 0 Å². The van der Waals surface area contributed by atoms with Crippen molar-refractivity contribution < 1.29 is 14.3 Å². The van der Waals surface area contributed by atoms with E-state index >= 15 is 0 Å². The number of esters is 1. The van der Waals surface area contributed by atoms with Crippen molar-refractivity contribution in [3.05, 3.63) is 39.8 Å². The van der Waals surface area contributed by atoms with Gasteiger partial charge >= 0.3 is 11.7 Å². The summed E-state index contributed by atoms with van der Waals surface area (Å²) in [5, 5.41) is 2.46. The molecular weight excluding hydrogens is 318 g/mol. The predicted octanol–water partition coefficient (Wildman–Crippen LogP) is -1.72. The van der Waals surface area contributed by atoms with Crippen molar-refractivity contribution in [1.82, 2.24) is 24.0 Å². The molecule has 0 saturated heterocycles. The van der Waals surface area contributed by atoms with Gasteiger partial charge in [0.2, 0.25) is 0 Å². The summed E-state index contributed by atoms with van der Waals surface area (Å²) in [5.74, 6) is -1.17. The fourth-order valence-electron chi connectivity index (χ4n) is 2.08. The Morgan fingerprint density at radius 2 is 2.04 bits per heavy atom. The maximum absolute atomic E-state index is 12.2. The van der Waals surface area contributed by atoms with Crippen LogP contribution in [-0.4, -0.2) is 43.7 Å². The van der Waals surface area contributed by atoms with Gasteiger partial charge in [0.1, 0.15) is 6.54 Å². The van der Waals surface area contributed by atoms with E-state index in [1.807, 2.05) is 0 Å². The number of fused-ring (bicyclic) bond motifs is 1. The molecule has 0 spiro atoms. The largest absolute Gasteiger partial charge is 0.454 e. The average molecular weight is 335 g/mol. The highest BCUT2D eigenvalue weighted by Crippen LogP contribution is 2.05. The van der Waals surface area contributed by atoms with Crippen LogP contribution in [0.4, 0.5) is 0 Å². The van der Waals surface area contributed by atoms with Crippen LogP contribution in [0.2, 0.25) is 0 Å². The number of carbonyl (C=O) groups excluding carboxylic acids is 2. The van der Waals surface area contributed by atoms with Gasteiger partial charge in [-0.25, -0.2) is 9.78 Å². The Morgan fingerprint density at radius 1 is 1.33 bits per heavy atom. The lowest BCUT2D eigenvalue weighted by molar-refractivity contribution is -0.149. The molecule has 2 rings (SSSR count). The molecule has 1 amide bonds. The number of nitrogens with one attached hydrogen (secondary N) is 1. The lowest BCUT2D eigenvalue weighted by Crippen LogP contribution is -2.37. The Kier molecular flexibility index (Phi) is 4.97. The number of rotatable bonds is 6. The molecule has 0 fully saturated rings. The van der Waals surface area contributed by atoms with Crippen LogP contribution in [0.1, 0.15) is 0 Å². The molecule has 24 heavy (non-hydrogen) atoms. The van der Waals surface area contributed by atoms with Gasteiger partial charge in [-0.15, -0.1) is 6.58 Å². The number of aryl methyl sites for hydroxylation is 1. The van der Waals surface area contributed by atoms with Gasteiger partial charge in [0.05, 0.1) is 6.33 Å². The van der Waals surface area contributed by atoms with Gasteiger partial charge in [0, 0.05) is 20.6 Å². The molecule has 0 aromatic carbocycles. The summed E-state index contributed by atoms with van der Waals surface area (Å²) in [6.07, 6.45) is 2.77. The lowest BCUT2D eigenvalue weighted by atomic mass is 10.5. The van der Waals surface area contributed by atoms with Crippen molar-refractivity contribution in [2.24, 2.45) is 14.1 Å². The fourth-order valence-corrected chi connectivity index (χ4v) is 2.08. The third-order valence-corrected chi connectivity index (χ3v) is 3.32. The van der Waals surface area contributed by atoms with Crippen LogP contribution in [0.3, 0.4) is 0 Å². The van der Waals surface area contributed by atoms with Crippen molar-refractivity contribution in [3.8, 4) is 0 Å². The first-order chi connectivity index (χ1) is 11.4. The van der Waals surface area contributed by atoms with E-state index in [9.17, 15) is 19.2 Å². The molecule has 0 aliphatic heterocycles. The third kappa shape index (κ3) is 3.26. The van der Waals surface area contributed by atoms with E-state index in [0.717, 1.165) is 4.57 Å². The van der Waals surface area contributed by atoms with E-state index < -0.39 is 29.7 Å². The predicted molar refractivity (Wildman–Crippen MR) is 84.4 cm³/mol. The van der Waals surface area contributed by atoms with Crippen LogP contribution in [0.25, 0.3) is 11.2 Å². The summed E-state index contributed by atoms with van der Waals surface area (Å²) < 4.78 is 8.25. The van der Waals surface area contributed by atoms with Crippen LogP contribution in [0.15, 0.2) is 28.6 Å². The third-order valence-electron chi connectivity index (χ3n) is 3.32. The Labute approximate surface area is 136 Å².